The standard InChI is InChI=1S/C14H23NO/c1-11(2)16-10-9-15-13(4)14-7-5-12(3)6-8-14/h5-8,11,13,15H,9-10H2,1-4H3/t13-/m0/s1. The fourth-order valence-electron chi connectivity index (χ4n) is 1.54. The predicted octanol–water partition coefficient (Wildman–Crippen LogP) is 3.07. The van der Waals surface area contributed by atoms with Crippen molar-refractivity contribution < 1.29 is 4.74 Å². The summed E-state index contributed by atoms with van der Waals surface area (Å²) in [4.78, 5) is 0. The van der Waals surface area contributed by atoms with Gasteiger partial charge in [0.2, 0.25) is 0 Å². The highest BCUT2D eigenvalue weighted by Gasteiger charge is 2.03. The maximum absolute atomic E-state index is 5.48. The summed E-state index contributed by atoms with van der Waals surface area (Å²) in [5, 5.41) is 3.45. The van der Waals surface area contributed by atoms with Gasteiger partial charge in [-0.25, -0.2) is 0 Å². The SMILES string of the molecule is Cc1ccc([C@H](C)NCCOC(C)C)cc1. The van der Waals surface area contributed by atoms with Gasteiger partial charge in [0, 0.05) is 12.6 Å². The molecule has 0 saturated carbocycles. The molecule has 2 nitrogen and oxygen atoms in total. The molecule has 0 aromatic heterocycles. The highest BCUT2D eigenvalue weighted by atomic mass is 16.5. The largest absolute Gasteiger partial charge is 0.377 e. The molecule has 0 aliphatic rings. The van der Waals surface area contributed by atoms with E-state index >= 15 is 0 Å². The van der Waals surface area contributed by atoms with E-state index in [1.54, 1.807) is 0 Å². The minimum absolute atomic E-state index is 0.316. The van der Waals surface area contributed by atoms with Crippen LogP contribution in [0.5, 0.6) is 0 Å². The van der Waals surface area contributed by atoms with Crippen molar-refractivity contribution in [2.24, 2.45) is 0 Å². The lowest BCUT2D eigenvalue weighted by molar-refractivity contribution is 0.0796. The van der Waals surface area contributed by atoms with Crippen molar-refractivity contribution in [3.63, 3.8) is 0 Å². The van der Waals surface area contributed by atoms with Crippen molar-refractivity contribution >= 4 is 0 Å². The summed E-state index contributed by atoms with van der Waals surface area (Å²) in [5.74, 6) is 0. The molecule has 1 rings (SSSR count). The third-order valence-corrected chi connectivity index (χ3v) is 2.58. The van der Waals surface area contributed by atoms with E-state index in [1.807, 2.05) is 0 Å². The van der Waals surface area contributed by atoms with Crippen LogP contribution in [0, 0.1) is 6.92 Å². The van der Waals surface area contributed by atoms with Crippen LogP contribution in [-0.4, -0.2) is 19.3 Å². The quantitative estimate of drug-likeness (QED) is 0.745. The van der Waals surface area contributed by atoms with Crippen molar-refractivity contribution in [3.8, 4) is 0 Å². The number of benzene rings is 1. The lowest BCUT2D eigenvalue weighted by atomic mass is 10.1. The van der Waals surface area contributed by atoms with Gasteiger partial charge in [-0.2, -0.15) is 0 Å². The highest BCUT2D eigenvalue weighted by molar-refractivity contribution is 5.23. The molecule has 1 aromatic rings. The molecule has 90 valence electrons. The van der Waals surface area contributed by atoms with E-state index in [2.05, 4.69) is 57.3 Å². The first kappa shape index (κ1) is 13.2. The van der Waals surface area contributed by atoms with Crippen LogP contribution in [0.3, 0.4) is 0 Å². The van der Waals surface area contributed by atoms with Crippen LogP contribution in [0.15, 0.2) is 24.3 Å². The first-order valence-corrected chi connectivity index (χ1v) is 6.01. The van der Waals surface area contributed by atoms with Crippen LogP contribution in [0.1, 0.15) is 37.9 Å². The Balaban J connectivity index is 2.29. The number of aryl methyl sites for hydroxylation is 1. The maximum atomic E-state index is 5.48. The molecule has 0 aliphatic heterocycles. The number of hydrogen-bond donors (Lipinski definition) is 1. The summed E-state index contributed by atoms with van der Waals surface area (Å²) in [6.45, 7) is 10.1. The topological polar surface area (TPSA) is 21.3 Å². The van der Waals surface area contributed by atoms with Gasteiger partial charge in [0.15, 0.2) is 0 Å². The molecule has 1 aromatic carbocycles. The van der Waals surface area contributed by atoms with Gasteiger partial charge in [0.25, 0.3) is 0 Å². The molecule has 0 saturated heterocycles. The Bertz CT molecular complexity index is 292. The van der Waals surface area contributed by atoms with Crippen LogP contribution < -0.4 is 5.32 Å². The van der Waals surface area contributed by atoms with Crippen molar-refractivity contribution in [2.75, 3.05) is 13.2 Å². The normalized spacial score (nSPS) is 13.1. The summed E-state index contributed by atoms with van der Waals surface area (Å²) in [5.41, 5.74) is 2.63. The van der Waals surface area contributed by atoms with E-state index in [0.29, 0.717) is 12.1 Å². The van der Waals surface area contributed by atoms with E-state index in [4.69, 9.17) is 4.74 Å². The van der Waals surface area contributed by atoms with Gasteiger partial charge in [0.1, 0.15) is 0 Å². The Morgan fingerprint density at radius 2 is 1.75 bits per heavy atom. The molecule has 0 amide bonds. The first-order chi connectivity index (χ1) is 7.59. The smallest absolute Gasteiger partial charge is 0.0594 e. The van der Waals surface area contributed by atoms with E-state index in [-0.39, 0.29) is 0 Å². The molecule has 1 N–H and O–H groups in total. The lowest BCUT2D eigenvalue weighted by Gasteiger charge is -2.15. The first-order valence-electron chi connectivity index (χ1n) is 6.01. The fraction of sp³-hybridized carbons (Fsp3) is 0.571. The fourth-order valence-corrected chi connectivity index (χ4v) is 1.54. The lowest BCUT2D eigenvalue weighted by Crippen LogP contribution is -2.24. The Morgan fingerprint density at radius 1 is 1.12 bits per heavy atom. The molecular formula is C14H23NO. The van der Waals surface area contributed by atoms with Gasteiger partial charge in [-0.15, -0.1) is 0 Å². The zero-order valence-corrected chi connectivity index (χ0v) is 10.8. The summed E-state index contributed by atoms with van der Waals surface area (Å²) in [6.07, 6.45) is 0.316. The van der Waals surface area contributed by atoms with Gasteiger partial charge < -0.3 is 10.1 Å². The Morgan fingerprint density at radius 3 is 2.31 bits per heavy atom. The van der Waals surface area contributed by atoms with Crippen LogP contribution in [0.2, 0.25) is 0 Å². The Labute approximate surface area is 99.0 Å². The van der Waals surface area contributed by atoms with E-state index in [9.17, 15) is 0 Å². The van der Waals surface area contributed by atoms with Crippen LogP contribution in [0.4, 0.5) is 0 Å². The zero-order valence-electron chi connectivity index (χ0n) is 10.8. The molecule has 1 atom stereocenters. The van der Waals surface area contributed by atoms with E-state index in [1.165, 1.54) is 11.1 Å². The summed E-state index contributed by atoms with van der Waals surface area (Å²) < 4.78 is 5.48. The van der Waals surface area contributed by atoms with Crippen molar-refractivity contribution in [3.05, 3.63) is 35.4 Å². The Kier molecular flexibility index (Phi) is 5.50. The summed E-state index contributed by atoms with van der Waals surface area (Å²) in [7, 11) is 0. The number of hydrogen-bond acceptors (Lipinski definition) is 2. The highest BCUT2D eigenvalue weighted by Crippen LogP contribution is 2.12. The second kappa shape index (κ2) is 6.66. The monoisotopic (exact) mass is 221 g/mol. The number of rotatable bonds is 6. The average Bonchev–Trinajstić information content (AvgIpc) is 2.25. The predicted molar refractivity (Wildman–Crippen MR) is 68.7 cm³/mol. The molecule has 0 bridgehead atoms. The molecule has 2 heteroatoms. The van der Waals surface area contributed by atoms with E-state index < -0.39 is 0 Å². The molecular weight excluding hydrogens is 198 g/mol. The minimum Gasteiger partial charge on any atom is -0.377 e. The van der Waals surface area contributed by atoms with Crippen molar-refractivity contribution in [1.29, 1.82) is 0 Å². The number of nitrogens with one attached hydrogen (secondary N) is 1. The van der Waals surface area contributed by atoms with Gasteiger partial charge >= 0.3 is 0 Å². The third kappa shape index (κ3) is 4.77. The van der Waals surface area contributed by atoms with Gasteiger partial charge in [-0.1, -0.05) is 29.8 Å². The van der Waals surface area contributed by atoms with Crippen LogP contribution in [-0.2, 0) is 4.74 Å². The molecule has 0 spiro atoms. The summed E-state index contributed by atoms with van der Waals surface area (Å²) in [6, 6.07) is 9.04. The minimum atomic E-state index is 0.316. The van der Waals surface area contributed by atoms with Gasteiger partial charge in [-0.05, 0) is 33.3 Å². The van der Waals surface area contributed by atoms with E-state index in [0.717, 1.165) is 13.2 Å². The second-order valence-electron chi connectivity index (χ2n) is 4.51. The molecule has 0 heterocycles. The molecule has 0 fully saturated rings. The van der Waals surface area contributed by atoms with Crippen molar-refractivity contribution in [1.82, 2.24) is 5.32 Å². The third-order valence-electron chi connectivity index (χ3n) is 2.58. The second-order valence-corrected chi connectivity index (χ2v) is 4.51. The zero-order chi connectivity index (χ0) is 12.0. The molecule has 0 radical (unpaired) electrons. The van der Waals surface area contributed by atoms with Gasteiger partial charge in [0.05, 0.1) is 12.7 Å². The average molecular weight is 221 g/mol. The molecule has 16 heavy (non-hydrogen) atoms. The number of ether oxygens (including phenoxy) is 1. The summed E-state index contributed by atoms with van der Waals surface area (Å²) >= 11 is 0. The molecule has 0 unspecified atom stereocenters. The molecule has 0 aliphatic carbocycles. The Hall–Kier alpha value is -0.860. The maximum Gasteiger partial charge on any atom is 0.0594 e. The van der Waals surface area contributed by atoms with Crippen molar-refractivity contribution in [2.45, 2.75) is 39.8 Å². The van der Waals surface area contributed by atoms with Gasteiger partial charge in [-0.3, -0.25) is 0 Å². The van der Waals surface area contributed by atoms with Crippen LogP contribution in [0.25, 0.3) is 0 Å². The van der Waals surface area contributed by atoms with Crippen LogP contribution >= 0.6 is 0 Å².